The SMILES string of the molecule is CCc1ccccc1N1CC(C(=O)Nc2cccc(S(=O)(=O)Nc3ccc(OC)cc3)c2)CC1=O. The number of benzene rings is 3. The van der Waals surface area contributed by atoms with Gasteiger partial charge in [-0.15, -0.1) is 0 Å². The minimum Gasteiger partial charge on any atom is -0.497 e. The number of methoxy groups -OCH3 is 1. The summed E-state index contributed by atoms with van der Waals surface area (Å²) in [6.45, 7) is 2.30. The molecule has 0 aliphatic carbocycles. The third-order valence-electron chi connectivity index (χ3n) is 5.91. The fourth-order valence-electron chi connectivity index (χ4n) is 4.05. The number of carbonyl (C=O) groups is 2. The van der Waals surface area contributed by atoms with Crippen molar-refractivity contribution in [2.24, 2.45) is 5.92 Å². The van der Waals surface area contributed by atoms with Gasteiger partial charge in [-0.2, -0.15) is 0 Å². The van der Waals surface area contributed by atoms with Crippen LogP contribution in [-0.2, 0) is 26.0 Å². The summed E-state index contributed by atoms with van der Waals surface area (Å²) in [7, 11) is -2.35. The van der Waals surface area contributed by atoms with Crippen molar-refractivity contribution in [3.63, 3.8) is 0 Å². The lowest BCUT2D eigenvalue weighted by Gasteiger charge is -2.20. The topological polar surface area (TPSA) is 105 Å². The van der Waals surface area contributed by atoms with Crippen LogP contribution < -0.4 is 19.7 Å². The molecule has 4 rings (SSSR count). The molecule has 3 aromatic carbocycles. The summed E-state index contributed by atoms with van der Waals surface area (Å²) in [5.74, 6) is -0.358. The van der Waals surface area contributed by atoms with E-state index in [4.69, 9.17) is 4.74 Å². The monoisotopic (exact) mass is 493 g/mol. The smallest absolute Gasteiger partial charge is 0.261 e. The van der Waals surface area contributed by atoms with E-state index in [1.807, 2.05) is 31.2 Å². The Kier molecular flexibility index (Phi) is 7.07. The van der Waals surface area contributed by atoms with Crippen molar-refractivity contribution < 1.29 is 22.7 Å². The molecular formula is C26H27N3O5S. The number of amides is 2. The Labute approximate surface area is 205 Å². The fraction of sp³-hybridized carbons (Fsp3) is 0.231. The predicted octanol–water partition coefficient (Wildman–Crippen LogP) is 4.05. The molecule has 35 heavy (non-hydrogen) atoms. The minimum atomic E-state index is -3.88. The van der Waals surface area contributed by atoms with E-state index in [9.17, 15) is 18.0 Å². The van der Waals surface area contributed by atoms with E-state index in [-0.39, 0.29) is 29.7 Å². The van der Waals surface area contributed by atoms with Gasteiger partial charge in [-0.1, -0.05) is 31.2 Å². The number of para-hydroxylation sites is 1. The highest BCUT2D eigenvalue weighted by atomic mass is 32.2. The zero-order valence-electron chi connectivity index (χ0n) is 19.5. The molecule has 0 saturated carbocycles. The standard InChI is InChI=1S/C26H27N3O5S/c1-3-18-7-4-5-10-24(18)29-17-19(15-25(29)30)26(31)27-21-8-6-9-23(16-21)35(32,33)28-20-11-13-22(34-2)14-12-20/h4-14,16,19,28H,3,15,17H2,1-2H3,(H,27,31). The predicted molar refractivity (Wildman–Crippen MR) is 135 cm³/mol. The molecular weight excluding hydrogens is 466 g/mol. The molecule has 0 bridgehead atoms. The number of anilines is 3. The first-order valence-electron chi connectivity index (χ1n) is 11.3. The Morgan fingerprint density at radius 2 is 1.77 bits per heavy atom. The van der Waals surface area contributed by atoms with Crippen molar-refractivity contribution >= 4 is 38.9 Å². The largest absolute Gasteiger partial charge is 0.497 e. The molecule has 3 aromatic rings. The molecule has 1 unspecified atom stereocenters. The van der Waals surface area contributed by atoms with Gasteiger partial charge in [0.15, 0.2) is 0 Å². The Bertz CT molecular complexity index is 1340. The van der Waals surface area contributed by atoms with E-state index in [1.54, 1.807) is 41.3 Å². The lowest BCUT2D eigenvalue weighted by atomic mass is 10.1. The lowest BCUT2D eigenvalue weighted by molar-refractivity contribution is -0.122. The van der Waals surface area contributed by atoms with Crippen LogP contribution in [0.25, 0.3) is 0 Å². The first-order valence-corrected chi connectivity index (χ1v) is 12.7. The van der Waals surface area contributed by atoms with Crippen LogP contribution in [0.4, 0.5) is 17.1 Å². The van der Waals surface area contributed by atoms with Crippen LogP contribution in [0.15, 0.2) is 77.7 Å². The molecule has 0 radical (unpaired) electrons. The van der Waals surface area contributed by atoms with Crippen molar-refractivity contribution in [2.75, 3.05) is 28.6 Å². The second kappa shape index (κ2) is 10.2. The summed E-state index contributed by atoms with van der Waals surface area (Å²) in [5, 5.41) is 2.77. The van der Waals surface area contributed by atoms with E-state index in [2.05, 4.69) is 10.0 Å². The molecule has 0 spiro atoms. The second-order valence-electron chi connectivity index (χ2n) is 8.24. The van der Waals surface area contributed by atoms with Crippen molar-refractivity contribution in [1.82, 2.24) is 0 Å². The first kappa shape index (κ1) is 24.3. The normalized spacial score (nSPS) is 15.7. The molecule has 1 fully saturated rings. The van der Waals surface area contributed by atoms with Gasteiger partial charge in [-0.3, -0.25) is 14.3 Å². The molecule has 1 aliphatic rings. The molecule has 2 amide bonds. The number of hydrogen-bond acceptors (Lipinski definition) is 5. The van der Waals surface area contributed by atoms with Gasteiger partial charge >= 0.3 is 0 Å². The summed E-state index contributed by atoms with van der Waals surface area (Å²) in [4.78, 5) is 27.3. The number of aryl methyl sites for hydroxylation is 1. The van der Waals surface area contributed by atoms with Gasteiger partial charge < -0.3 is 15.0 Å². The summed E-state index contributed by atoms with van der Waals surface area (Å²) < 4.78 is 33.3. The Morgan fingerprint density at radius 3 is 2.49 bits per heavy atom. The number of sulfonamides is 1. The minimum absolute atomic E-state index is 0.00659. The van der Waals surface area contributed by atoms with Gasteiger partial charge in [-0.25, -0.2) is 8.42 Å². The third-order valence-corrected chi connectivity index (χ3v) is 7.29. The van der Waals surface area contributed by atoms with Gasteiger partial charge in [0.25, 0.3) is 10.0 Å². The number of rotatable bonds is 8. The zero-order chi connectivity index (χ0) is 25.0. The Balaban J connectivity index is 1.45. The molecule has 182 valence electrons. The van der Waals surface area contributed by atoms with Crippen molar-refractivity contribution in [3.05, 3.63) is 78.4 Å². The van der Waals surface area contributed by atoms with Crippen molar-refractivity contribution in [1.29, 1.82) is 0 Å². The summed E-state index contributed by atoms with van der Waals surface area (Å²) in [5.41, 5.74) is 2.60. The van der Waals surface area contributed by atoms with Crippen LogP contribution in [0, 0.1) is 5.92 Å². The third kappa shape index (κ3) is 5.46. The molecule has 1 atom stereocenters. The second-order valence-corrected chi connectivity index (χ2v) is 9.92. The van der Waals surface area contributed by atoms with Gasteiger partial charge in [-0.05, 0) is 60.5 Å². The zero-order valence-corrected chi connectivity index (χ0v) is 20.3. The quantitative estimate of drug-likeness (QED) is 0.493. The molecule has 1 aliphatic heterocycles. The molecule has 1 heterocycles. The highest BCUT2D eigenvalue weighted by molar-refractivity contribution is 7.92. The highest BCUT2D eigenvalue weighted by Gasteiger charge is 2.35. The molecule has 9 heteroatoms. The van der Waals surface area contributed by atoms with E-state index in [0.29, 0.717) is 17.1 Å². The van der Waals surface area contributed by atoms with Crippen molar-refractivity contribution in [2.45, 2.75) is 24.7 Å². The van der Waals surface area contributed by atoms with Crippen LogP contribution in [0.1, 0.15) is 18.9 Å². The highest BCUT2D eigenvalue weighted by Crippen LogP contribution is 2.29. The average Bonchev–Trinajstić information content (AvgIpc) is 3.26. The maximum Gasteiger partial charge on any atom is 0.261 e. The molecule has 1 saturated heterocycles. The van der Waals surface area contributed by atoms with E-state index in [0.717, 1.165) is 17.7 Å². The number of nitrogens with zero attached hydrogens (tertiary/aromatic N) is 1. The van der Waals surface area contributed by atoms with Crippen LogP contribution in [0.2, 0.25) is 0 Å². The Morgan fingerprint density at radius 1 is 1.03 bits per heavy atom. The van der Waals surface area contributed by atoms with E-state index < -0.39 is 15.9 Å². The number of carbonyl (C=O) groups excluding carboxylic acids is 2. The summed E-state index contributed by atoms with van der Waals surface area (Å²) in [6, 6.07) is 20.2. The average molecular weight is 494 g/mol. The molecule has 0 aromatic heterocycles. The number of hydrogen-bond donors (Lipinski definition) is 2. The van der Waals surface area contributed by atoms with Gasteiger partial charge in [0.1, 0.15) is 5.75 Å². The van der Waals surface area contributed by atoms with E-state index in [1.165, 1.54) is 19.2 Å². The summed E-state index contributed by atoms with van der Waals surface area (Å²) in [6.07, 6.45) is 0.879. The maximum absolute atomic E-state index is 12.9. The maximum atomic E-state index is 12.9. The van der Waals surface area contributed by atoms with Gasteiger partial charge in [0.2, 0.25) is 11.8 Å². The number of nitrogens with one attached hydrogen (secondary N) is 2. The van der Waals surface area contributed by atoms with Crippen LogP contribution in [0.3, 0.4) is 0 Å². The number of ether oxygens (including phenoxy) is 1. The molecule has 2 N–H and O–H groups in total. The van der Waals surface area contributed by atoms with Crippen molar-refractivity contribution in [3.8, 4) is 5.75 Å². The first-order chi connectivity index (χ1) is 16.8. The van der Waals surface area contributed by atoms with Crippen LogP contribution in [-0.4, -0.2) is 33.9 Å². The van der Waals surface area contributed by atoms with Gasteiger partial charge in [0.05, 0.1) is 17.9 Å². The van der Waals surface area contributed by atoms with Crippen LogP contribution in [0.5, 0.6) is 5.75 Å². The Hall–Kier alpha value is -3.85. The fourth-order valence-corrected chi connectivity index (χ4v) is 5.15. The molecule has 8 nitrogen and oxygen atoms in total. The van der Waals surface area contributed by atoms with Gasteiger partial charge in [0, 0.05) is 30.0 Å². The lowest BCUT2D eigenvalue weighted by Crippen LogP contribution is -2.28. The van der Waals surface area contributed by atoms with Crippen LogP contribution >= 0.6 is 0 Å². The van der Waals surface area contributed by atoms with E-state index >= 15 is 0 Å². The summed E-state index contributed by atoms with van der Waals surface area (Å²) >= 11 is 0.